The molecule has 1 aliphatic rings. The minimum atomic E-state index is -4.59. The lowest BCUT2D eigenvalue weighted by atomic mass is 9.65. The molecular formula is C30H31F3N6O4. The number of hydrogen-bond donors (Lipinski definition) is 3. The van der Waals surface area contributed by atoms with Crippen LogP contribution in [0.3, 0.4) is 0 Å². The predicted molar refractivity (Wildman–Crippen MR) is 153 cm³/mol. The van der Waals surface area contributed by atoms with E-state index in [0.717, 1.165) is 18.3 Å². The van der Waals surface area contributed by atoms with E-state index in [1.807, 2.05) is 18.2 Å². The Morgan fingerprint density at radius 3 is 2.56 bits per heavy atom. The van der Waals surface area contributed by atoms with Crippen LogP contribution < -0.4 is 15.8 Å². The zero-order chi connectivity index (χ0) is 31.3. The van der Waals surface area contributed by atoms with Gasteiger partial charge in [-0.2, -0.15) is 13.2 Å². The molecule has 0 saturated heterocycles. The highest BCUT2D eigenvalue weighted by molar-refractivity contribution is 6.04. The van der Waals surface area contributed by atoms with Crippen LogP contribution in [-0.4, -0.2) is 42.9 Å². The van der Waals surface area contributed by atoms with Crippen molar-refractivity contribution < 1.29 is 32.6 Å². The van der Waals surface area contributed by atoms with Crippen LogP contribution >= 0.6 is 0 Å². The summed E-state index contributed by atoms with van der Waals surface area (Å²) in [5.41, 5.74) is 5.36. The largest absolute Gasteiger partial charge is 0.493 e. The fourth-order valence-corrected chi connectivity index (χ4v) is 5.85. The van der Waals surface area contributed by atoms with E-state index >= 15 is 0 Å². The molecule has 0 spiro atoms. The second kappa shape index (κ2) is 10.5. The molecule has 10 nitrogen and oxygen atoms in total. The Kier molecular flexibility index (Phi) is 7.31. The van der Waals surface area contributed by atoms with Gasteiger partial charge in [-0.1, -0.05) is 13.8 Å². The number of nitrogens with zero attached hydrogens (tertiary/aromatic N) is 4. The van der Waals surface area contributed by atoms with Gasteiger partial charge in [0.15, 0.2) is 0 Å². The molecule has 1 fully saturated rings. The molecule has 1 aromatic carbocycles. The zero-order valence-corrected chi connectivity index (χ0v) is 24.0. The van der Waals surface area contributed by atoms with Gasteiger partial charge in [0.2, 0.25) is 0 Å². The Morgan fingerprint density at radius 2 is 1.91 bits per heavy atom. The van der Waals surface area contributed by atoms with Crippen molar-refractivity contribution in [1.82, 2.24) is 19.4 Å². The van der Waals surface area contributed by atoms with Gasteiger partial charge in [0.25, 0.3) is 5.91 Å². The Balaban J connectivity index is 1.57. The number of carboxylic acid groups (broad SMARTS) is 1. The van der Waals surface area contributed by atoms with E-state index in [0.29, 0.717) is 41.2 Å². The van der Waals surface area contributed by atoms with E-state index < -0.39 is 34.4 Å². The number of nitrogens with two attached hydrogens (primary N) is 1. The maximum absolute atomic E-state index is 13.1. The third-order valence-electron chi connectivity index (χ3n) is 8.75. The van der Waals surface area contributed by atoms with Crippen molar-refractivity contribution in [1.29, 1.82) is 0 Å². The lowest BCUT2D eigenvalue weighted by Gasteiger charge is -2.38. The number of carbonyl (C=O) groups excluding carboxylic acids is 1. The van der Waals surface area contributed by atoms with Gasteiger partial charge in [0, 0.05) is 35.6 Å². The van der Waals surface area contributed by atoms with Gasteiger partial charge < -0.3 is 20.9 Å². The number of pyridine rings is 1. The number of anilines is 2. The number of benzene rings is 1. The highest BCUT2D eigenvalue weighted by Crippen LogP contribution is 2.60. The van der Waals surface area contributed by atoms with Crippen molar-refractivity contribution in [2.45, 2.75) is 52.6 Å². The minimum Gasteiger partial charge on any atom is -0.493 e. The predicted octanol–water partition coefficient (Wildman–Crippen LogP) is 6.04. The Labute approximate surface area is 245 Å². The molecule has 4 N–H and O–H groups in total. The summed E-state index contributed by atoms with van der Waals surface area (Å²) >= 11 is 0. The van der Waals surface area contributed by atoms with Crippen LogP contribution in [0.4, 0.5) is 24.8 Å². The quantitative estimate of drug-likeness (QED) is 0.234. The van der Waals surface area contributed by atoms with E-state index in [1.54, 1.807) is 32.3 Å². The van der Waals surface area contributed by atoms with Crippen molar-refractivity contribution >= 4 is 29.0 Å². The van der Waals surface area contributed by atoms with Gasteiger partial charge in [-0.05, 0) is 62.4 Å². The van der Waals surface area contributed by atoms with E-state index in [4.69, 9.17) is 15.5 Å². The number of amides is 1. The van der Waals surface area contributed by atoms with E-state index in [1.165, 1.54) is 12.1 Å². The fraction of sp³-hybridized carbons (Fsp3) is 0.367. The van der Waals surface area contributed by atoms with Crippen LogP contribution in [0.1, 0.15) is 68.2 Å². The molecule has 1 saturated carbocycles. The number of rotatable bonds is 7. The van der Waals surface area contributed by atoms with E-state index in [-0.39, 0.29) is 29.7 Å². The monoisotopic (exact) mass is 596 g/mol. The third-order valence-corrected chi connectivity index (χ3v) is 8.75. The Bertz CT molecular complexity index is 1730. The summed E-state index contributed by atoms with van der Waals surface area (Å²) in [6.45, 7) is 7.63. The fourth-order valence-electron chi connectivity index (χ4n) is 5.85. The van der Waals surface area contributed by atoms with Gasteiger partial charge in [-0.25, -0.2) is 15.0 Å². The summed E-state index contributed by atoms with van der Waals surface area (Å²) in [7, 11) is 0. The number of nitrogens with one attached hydrogen (secondary N) is 1. The molecule has 4 aromatic rings. The summed E-state index contributed by atoms with van der Waals surface area (Å²) in [4.78, 5) is 38.4. The maximum atomic E-state index is 13.1. The van der Waals surface area contributed by atoms with Crippen molar-refractivity contribution in [3.63, 3.8) is 0 Å². The zero-order valence-electron chi connectivity index (χ0n) is 24.0. The van der Waals surface area contributed by atoms with Gasteiger partial charge in [-0.3, -0.25) is 14.0 Å². The maximum Gasteiger partial charge on any atom is 0.416 e. The van der Waals surface area contributed by atoms with Gasteiger partial charge in [0.1, 0.15) is 34.4 Å². The molecule has 1 amide bonds. The molecule has 1 aliphatic carbocycles. The molecule has 5 rings (SSSR count). The number of nitrogen functional groups attached to an aromatic ring is 1. The lowest BCUT2D eigenvalue weighted by Crippen LogP contribution is -2.40. The van der Waals surface area contributed by atoms with Crippen LogP contribution in [0.5, 0.6) is 5.75 Å². The number of carbonyl (C=O) groups is 2. The summed E-state index contributed by atoms with van der Waals surface area (Å²) in [5.74, 6) is -0.897. The van der Waals surface area contributed by atoms with E-state index in [2.05, 4.69) is 15.3 Å². The van der Waals surface area contributed by atoms with Crippen molar-refractivity contribution in [3.05, 3.63) is 65.9 Å². The van der Waals surface area contributed by atoms with E-state index in [9.17, 15) is 27.9 Å². The number of carboxylic acids is 1. The Morgan fingerprint density at radius 1 is 1.16 bits per heavy atom. The molecule has 0 bridgehead atoms. The smallest absolute Gasteiger partial charge is 0.416 e. The summed E-state index contributed by atoms with van der Waals surface area (Å²) in [6.07, 6.45) is 0.729. The molecule has 0 aliphatic heterocycles. The normalized spacial score (nSPS) is 19.8. The first kappa shape index (κ1) is 29.8. The molecule has 0 unspecified atom stereocenters. The van der Waals surface area contributed by atoms with Gasteiger partial charge in [-0.15, -0.1) is 0 Å². The van der Waals surface area contributed by atoms with Crippen LogP contribution in [0.25, 0.3) is 16.8 Å². The van der Waals surface area contributed by atoms with Crippen molar-refractivity contribution in [2.75, 3.05) is 17.7 Å². The number of aliphatic carboxylic acids is 1. The lowest BCUT2D eigenvalue weighted by molar-refractivity contribution is -0.153. The number of hydrogen-bond acceptors (Lipinski definition) is 7. The molecule has 43 heavy (non-hydrogen) atoms. The topological polar surface area (TPSA) is 145 Å². The minimum absolute atomic E-state index is 0.121. The number of fused-ring (bicyclic) bond motifs is 1. The van der Waals surface area contributed by atoms with Crippen LogP contribution in [0.15, 0.2) is 48.9 Å². The summed E-state index contributed by atoms with van der Waals surface area (Å²) in [6, 6.07) is 6.17. The third kappa shape index (κ3) is 5.02. The molecule has 3 aromatic heterocycles. The Hall–Kier alpha value is -4.68. The van der Waals surface area contributed by atoms with Crippen LogP contribution in [0.2, 0.25) is 0 Å². The first-order chi connectivity index (χ1) is 20.2. The van der Waals surface area contributed by atoms with Crippen molar-refractivity contribution in [2.24, 2.45) is 10.8 Å². The highest BCUT2D eigenvalue weighted by atomic mass is 19.4. The first-order valence-electron chi connectivity index (χ1n) is 13.7. The molecule has 0 radical (unpaired) electrons. The number of imidazole rings is 1. The summed E-state index contributed by atoms with van der Waals surface area (Å²) < 4.78 is 47.1. The van der Waals surface area contributed by atoms with Crippen LogP contribution in [0, 0.1) is 10.8 Å². The molecular weight excluding hydrogens is 565 g/mol. The van der Waals surface area contributed by atoms with Gasteiger partial charge >= 0.3 is 12.1 Å². The van der Waals surface area contributed by atoms with Crippen LogP contribution in [-0.2, 0) is 11.0 Å². The molecule has 226 valence electrons. The molecule has 3 heterocycles. The average Bonchev–Trinajstić information content (AvgIpc) is 3.43. The standard InChI is InChI=1S/C30H31F3N6O4/c1-5-43-20-14-16(26(40)37-21-15-17(9-11-35-21)30(31,32)33)6-7-18(20)22-23-24(34)36-12-13-39(23)25(38-22)19-8-10-29(4,27(41)42)28(19,2)3/h6-7,9,11-15,19H,5,8,10H2,1-4H3,(H2,34,36)(H,41,42)(H,35,37,40)/t19-,29+/m1/s1. The second-order valence-corrected chi connectivity index (χ2v) is 11.3. The first-order valence-corrected chi connectivity index (χ1v) is 13.7. The molecule has 2 atom stereocenters. The summed E-state index contributed by atoms with van der Waals surface area (Å²) in [5, 5.41) is 12.5. The number of alkyl halides is 3. The molecule has 13 heteroatoms. The van der Waals surface area contributed by atoms with Crippen molar-refractivity contribution in [3.8, 4) is 17.0 Å². The average molecular weight is 597 g/mol. The highest BCUT2D eigenvalue weighted by Gasteiger charge is 2.57. The van der Waals surface area contributed by atoms with Gasteiger partial charge in [0.05, 0.1) is 17.6 Å². The number of ether oxygens (including phenoxy) is 1. The second-order valence-electron chi connectivity index (χ2n) is 11.3. The SMILES string of the molecule is CCOc1cc(C(=O)Nc2cc(C(F)(F)F)ccn2)ccc1-c1nc([C@H]2CC[C@@](C)(C(=O)O)C2(C)C)n2ccnc(N)c12. The number of halogens is 3. The number of aromatic nitrogens is 4.